The van der Waals surface area contributed by atoms with Gasteiger partial charge in [-0.3, -0.25) is 9.59 Å². The van der Waals surface area contributed by atoms with Crippen molar-refractivity contribution in [3.05, 3.63) is 12.2 Å². The summed E-state index contributed by atoms with van der Waals surface area (Å²) in [5, 5.41) is 31.4. The maximum absolute atomic E-state index is 12.2. The predicted molar refractivity (Wildman–Crippen MR) is 95.4 cm³/mol. The maximum Gasteiger partial charge on any atom is 0.263 e. The average Bonchev–Trinajstić information content (AvgIpc) is 3.35. The third-order valence-electron chi connectivity index (χ3n) is 5.20. The number of unbranched alkanes of at least 4 members (excludes halogenated alkanes) is 6. The van der Waals surface area contributed by atoms with Gasteiger partial charge in [-0.1, -0.05) is 51.9 Å². The average molecular weight is 369 g/mol. The van der Waals surface area contributed by atoms with Crippen LogP contribution >= 0.6 is 0 Å². The van der Waals surface area contributed by atoms with Crippen LogP contribution in [0, 0.1) is 0 Å². The first kappa shape index (κ1) is 21.0. The van der Waals surface area contributed by atoms with Crippen molar-refractivity contribution in [3.63, 3.8) is 0 Å². The Bertz CT molecular complexity index is 522. The van der Waals surface area contributed by atoms with E-state index in [9.17, 15) is 19.8 Å². The number of aliphatic hydroxyl groups is 3. The SMILES string of the molecule is CCCCCCCCC[C@H]1O[C@@H]1/C=C/C(=O)[C@@]1(O)C(=O)N[C@@H](CO)[C@@H]1O. The van der Waals surface area contributed by atoms with E-state index in [1.54, 1.807) is 0 Å². The molecule has 7 heteroatoms. The van der Waals surface area contributed by atoms with Gasteiger partial charge >= 0.3 is 0 Å². The van der Waals surface area contributed by atoms with Gasteiger partial charge in [0.15, 0.2) is 5.78 Å². The molecule has 0 aromatic heterocycles. The van der Waals surface area contributed by atoms with E-state index in [1.807, 2.05) is 0 Å². The zero-order chi connectivity index (χ0) is 19.2. The van der Waals surface area contributed by atoms with E-state index in [0.717, 1.165) is 18.9 Å². The van der Waals surface area contributed by atoms with Crippen molar-refractivity contribution in [1.82, 2.24) is 5.32 Å². The van der Waals surface area contributed by atoms with E-state index >= 15 is 0 Å². The molecule has 2 rings (SSSR count). The predicted octanol–water partition coefficient (Wildman–Crippen LogP) is 0.602. The maximum atomic E-state index is 12.2. The summed E-state index contributed by atoms with van der Waals surface area (Å²) in [6.07, 6.45) is 10.4. The van der Waals surface area contributed by atoms with E-state index in [2.05, 4.69) is 12.2 Å². The minimum atomic E-state index is -2.55. The molecule has 2 saturated heterocycles. The van der Waals surface area contributed by atoms with E-state index in [4.69, 9.17) is 9.84 Å². The molecule has 0 spiro atoms. The molecule has 148 valence electrons. The summed E-state index contributed by atoms with van der Waals surface area (Å²) in [4.78, 5) is 24.0. The number of hydrogen-bond donors (Lipinski definition) is 4. The number of rotatable bonds is 12. The van der Waals surface area contributed by atoms with Crippen LogP contribution in [0.2, 0.25) is 0 Å². The van der Waals surface area contributed by atoms with Crippen molar-refractivity contribution in [2.75, 3.05) is 6.61 Å². The van der Waals surface area contributed by atoms with Crippen LogP contribution in [0.3, 0.4) is 0 Å². The van der Waals surface area contributed by atoms with Gasteiger partial charge in [0.25, 0.3) is 5.91 Å². The number of ketones is 1. The fourth-order valence-electron chi connectivity index (χ4n) is 3.36. The van der Waals surface area contributed by atoms with Crippen LogP contribution < -0.4 is 5.32 Å². The van der Waals surface area contributed by atoms with Crippen molar-refractivity contribution >= 4 is 11.7 Å². The lowest BCUT2D eigenvalue weighted by atomic mass is 9.91. The summed E-state index contributed by atoms with van der Waals surface area (Å²) in [5.41, 5.74) is -2.55. The van der Waals surface area contributed by atoms with Gasteiger partial charge in [-0.25, -0.2) is 0 Å². The Morgan fingerprint density at radius 1 is 1.23 bits per heavy atom. The third-order valence-corrected chi connectivity index (χ3v) is 5.20. The Kier molecular flexibility index (Phi) is 7.76. The highest BCUT2D eigenvalue weighted by Crippen LogP contribution is 2.30. The summed E-state index contributed by atoms with van der Waals surface area (Å²) in [6.45, 7) is 1.64. The number of nitrogens with one attached hydrogen (secondary N) is 1. The topological polar surface area (TPSA) is 119 Å². The fraction of sp³-hybridized carbons (Fsp3) is 0.789. The molecule has 26 heavy (non-hydrogen) atoms. The minimum Gasteiger partial charge on any atom is -0.394 e. The summed E-state index contributed by atoms with van der Waals surface area (Å²) < 4.78 is 5.48. The molecule has 0 aromatic rings. The number of amides is 1. The summed E-state index contributed by atoms with van der Waals surface area (Å²) in [5.74, 6) is -1.89. The molecule has 5 atom stereocenters. The first-order chi connectivity index (χ1) is 12.4. The minimum absolute atomic E-state index is 0.0804. The molecule has 2 fully saturated rings. The van der Waals surface area contributed by atoms with Crippen molar-refractivity contribution in [2.24, 2.45) is 0 Å². The van der Waals surface area contributed by atoms with Gasteiger partial charge in [0.2, 0.25) is 5.60 Å². The van der Waals surface area contributed by atoms with Crippen LogP contribution in [-0.4, -0.2) is 63.6 Å². The lowest BCUT2D eigenvalue weighted by Crippen LogP contribution is -2.52. The quantitative estimate of drug-likeness (QED) is 0.173. The summed E-state index contributed by atoms with van der Waals surface area (Å²) >= 11 is 0. The highest BCUT2D eigenvalue weighted by atomic mass is 16.6. The second-order valence-electron chi connectivity index (χ2n) is 7.25. The van der Waals surface area contributed by atoms with E-state index in [0.29, 0.717) is 0 Å². The molecule has 2 aliphatic heterocycles. The molecular formula is C19H31NO6. The summed E-state index contributed by atoms with van der Waals surface area (Å²) in [6, 6.07) is -1.05. The Balaban J connectivity index is 1.69. The smallest absolute Gasteiger partial charge is 0.263 e. The molecule has 2 heterocycles. The second-order valence-corrected chi connectivity index (χ2v) is 7.25. The normalized spacial score (nSPS) is 33.6. The molecule has 0 saturated carbocycles. The summed E-state index contributed by atoms with van der Waals surface area (Å²) in [7, 11) is 0. The van der Waals surface area contributed by atoms with Crippen LogP contribution in [0.5, 0.6) is 0 Å². The molecule has 0 aromatic carbocycles. The number of hydrogen-bond acceptors (Lipinski definition) is 6. The number of carbonyl (C=O) groups excluding carboxylic acids is 2. The van der Waals surface area contributed by atoms with Gasteiger partial charge in [0, 0.05) is 0 Å². The van der Waals surface area contributed by atoms with Gasteiger partial charge in [0.1, 0.15) is 12.2 Å². The van der Waals surface area contributed by atoms with Crippen molar-refractivity contribution in [2.45, 2.75) is 88.2 Å². The zero-order valence-corrected chi connectivity index (χ0v) is 15.4. The Morgan fingerprint density at radius 2 is 1.88 bits per heavy atom. The van der Waals surface area contributed by atoms with Crippen molar-refractivity contribution in [1.29, 1.82) is 0 Å². The molecule has 0 radical (unpaired) electrons. The van der Waals surface area contributed by atoms with Gasteiger partial charge in [-0.05, 0) is 18.6 Å². The van der Waals surface area contributed by atoms with E-state index < -0.39 is 36.0 Å². The Labute approximate surface area is 154 Å². The molecule has 7 nitrogen and oxygen atoms in total. The zero-order valence-electron chi connectivity index (χ0n) is 15.4. The number of ether oxygens (including phenoxy) is 1. The Morgan fingerprint density at radius 3 is 2.50 bits per heavy atom. The van der Waals surface area contributed by atoms with Gasteiger partial charge in [0.05, 0.1) is 18.8 Å². The lowest BCUT2D eigenvalue weighted by Gasteiger charge is -2.21. The first-order valence-corrected chi connectivity index (χ1v) is 9.65. The van der Waals surface area contributed by atoms with Crippen LogP contribution in [0.15, 0.2) is 12.2 Å². The van der Waals surface area contributed by atoms with Crippen LogP contribution in [0.1, 0.15) is 58.3 Å². The molecule has 0 unspecified atom stereocenters. The molecular weight excluding hydrogens is 338 g/mol. The first-order valence-electron chi connectivity index (χ1n) is 9.65. The second kappa shape index (κ2) is 9.60. The van der Waals surface area contributed by atoms with Gasteiger partial charge in [-0.2, -0.15) is 0 Å². The molecule has 1 amide bonds. The lowest BCUT2D eigenvalue weighted by molar-refractivity contribution is -0.154. The number of aliphatic hydroxyl groups excluding tert-OH is 2. The fourth-order valence-corrected chi connectivity index (χ4v) is 3.36. The molecule has 2 aliphatic rings. The molecule has 0 aliphatic carbocycles. The van der Waals surface area contributed by atoms with Crippen LogP contribution in [0.4, 0.5) is 0 Å². The standard InChI is InChI=1S/C19H31NO6/c1-2-3-4-5-6-7-8-9-14-15(26-14)10-11-16(22)19(25)17(23)13(12-21)20-18(19)24/h10-11,13-15,17,21,23,25H,2-9,12H2,1H3,(H,20,24)/b11-10+/t13-,14+,15+,17-,19-/m0/s1. The monoisotopic (exact) mass is 369 g/mol. The molecule has 0 bridgehead atoms. The number of carbonyl (C=O) groups is 2. The van der Waals surface area contributed by atoms with Crippen LogP contribution in [-0.2, 0) is 14.3 Å². The van der Waals surface area contributed by atoms with Gasteiger partial charge < -0.3 is 25.4 Å². The van der Waals surface area contributed by atoms with Gasteiger partial charge in [-0.15, -0.1) is 0 Å². The third kappa shape index (κ3) is 4.91. The van der Waals surface area contributed by atoms with Crippen molar-refractivity contribution < 1.29 is 29.6 Å². The highest BCUT2D eigenvalue weighted by molar-refractivity contribution is 6.16. The number of epoxide rings is 1. The van der Waals surface area contributed by atoms with Crippen molar-refractivity contribution in [3.8, 4) is 0 Å². The largest absolute Gasteiger partial charge is 0.394 e. The highest BCUT2D eigenvalue weighted by Gasteiger charge is 2.58. The van der Waals surface area contributed by atoms with Crippen LogP contribution in [0.25, 0.3) is 0 Å². The molecule has 4 N–H and O–H groups in total. The van der Waals surface area contributed by atoms with E-state index in [-0.39, 0.29) is 12.2 Å². The Hall–Kier alpha value is -1.28. The van der Waals surface area contributed by atoms with E-state index in [1.165, 1.54) is 44.6 Å².